The van der Waals surface area contributed by atoms with Gasteiger partial charge in [0.05, 0.1) is 33.9 Å². The van der Waals surface area contributed by atoms with Crippen molar-refractivity contribution < 1.29 is 19.5 Å². The Morgan fingerprint density at radius 2 is 1.95 bits per heavy atom. The van der Waals surface area contributed by atoms with Gasteiger partial charge in [-0.1, -0.05) is 49.7 Å². The molecule has 3 aliphatic rings. The van der Waals surface area contributed by atoms with E-state index in [4.69, 9.17) is 11.6 Å². The smallest absolute Gasteiger partial charge is 0.251 e. The highest BCUT2D eigenvalue weighted by Crippen LogP contribution is 2.69. The molecule has 4 rings (SSSR count). The number of thioether (sulfide) groups is 1. The summed E-state index contributed by atoms with van der Waals surface area (Å²) >= 11 is 8.12. The summed E-state index contributed by atoms with van der Waals surface area (Å²) in [4.78, 5) is 47.2. The van der Waals surface area contributed by atoms with E-state index in [-0.39, 0.29) is 48.6 Å². The van der Waals surface area contributed by atoms with Crippen LogP contribution in [0.4, 0.5) is 5.69 Å². The maximum Gasteiger partial charge on any atom is 0.251 e. The average molecular weight is 546 g/mol. The highest BCUT2D eigenvalue weighted by molar-refractivity contribution is 8.02. The monoisotopic (exact) mass is 545 g/mol. The summed E-state index contributed by atoms with van der Waals surface area (Å²) in [6.45, 7) is 12.7. The molecule has 0 radical (unpaired) electrons. The third-order valence-corrected chi connectivity index (χ3v) is 10.4. The number of anilines is 1. The Bertz CT molecular complexity index is 1080. The van der Waals surface area contributed by atoms with Crippen molar-refractivity contribution in [3.05, 3.63) is 54.6 Å². The third kappa shape index (κ3) is 4.41. The highest BCUT2D eigenvalue weighted by Gasteiger charge is 2.76. The van der Waals surface area contributed by atoms with Crippen LogP contribution in [0.1, 0.15) is 26.7 Å². The van der Waals surface area contributed by atoms with Crippen LogP contribution in [0.5, 0.6) is 0 Å². The lowest BCUT2D eigenvalue weighted by Gasteiger charge is -2.41. The van der Waals surface area contributed by atoms with Gasteiger partial charge >= 0.3 is 0 Å². The second-order valence-corrected chi connectivity index (χ2v) is 12.0. The highest BCUT2D eigenvalue weighted by atomic mass is 35.5. The maximum absolute atomic E-state index is 14.4. The Balaban J connectivity index is 1.80. The zero-order chi connectivity index (χ0) is 26.9. The summed E-state index contributed by atoms with van der Waals surface area (Å²) in [6, 6.07) is 6.29. The minimum atomic E-state index is -0.824. The first kappa shape index (κ1) is 27.7. The van der Waals surface area contributed by atoms with Gasteiger partial charge in [0.1, 0.15) is 6.04 Å². The van der Waals surface area contributed by atoms with Gasteiger partial charge in [-0.25, -0.2) is 0 Å². The molecule has 3 unspecified atom stereocenters. The van der Waals surface area contributed by atoms with E-state index in [0.717, 1.165) is 12.8 Å². The van der Waals surface area contributed by atoms with Crippen LogP contribution in [0.2, 0.25) is 5.02 Å². The molecule has 0 aliphatic carbocycles. The summed E-state index contributed by atoms with van der Waals surface area (Å²) in [5.41, 5.74) is 0.545. The standard InChI is InChI=1S/C28H36ClN3O4S/c1-5-12-30(13-6-2)25(34)22-21-17-18(4)28(37-21)23(22)26(35)32(15-16-33)24(28)27(36)31(14-7-3)20-11-9-8-10-19(20)29/h5,7-11,18,21-24,33H,1,3,6,12-17H2,2,4H3/t18?,21-,22+,23-,24?,28?/m0/s1. The second-order valence-electron chi connectivity index (χ2n) is 10.1. The van der Waals surface area contributed by atoms with E-state index >= 15 is 0 Å². The molecule has 2 bridgehead atoms. The number of aliphatic hydroxyl groups excluding tert-OH is 1. The van der Waals surface area contributed by atoms with Crippen LogP contribution in [0.3, 0.4) is 0 Å². The normalized spacial score (nSPS) is 29.8. The molecule has 1 aromatic rings. The van der Waals surface area contributed by atoms with E-state index in [9.17, 15) is 19.5 Å². The lowest BCUT2D eigenvalue weighted by molar-refractivity contribution is -0.144. The van der Waals surface area contributed by atoms with Gasteiger partial charge in [-0.05, 0) is 30.9 Å². The zero-order valence-electron chi connectivity index (χ0n) is 21.5. The van der Waals surface area contributed by atoms with Crippen LogP contribution < -0.4 is 4.90 Å². The number of likely N-dealkylation sites (tertiary alicyclic amines) is 1. The van der Waals surface area contributed by atoms with Crippen molar-refractivity contribution in [1.29, 1.82) is 0 Å². The number of amides is 3. The SMILES string of the molecule is C=CCN(CCC)C(=O)[C@@H]1[C@@H]2CC(C)C3(S2)C(C(=O)N(CC=C)c2ccccc2Cl)N(CCO)C(=O)[C@H]13. The number of aliphatic hydroxyl groups is 1. The summed E-state index contributed by atoms with van der Waals surface area (Å²) in [5, 5.41) is 10.3. The number of benzene rings is 1. The third-order valence-electron chi connectivity index (χ3n) is 7.98. The fraction of sp³-hybridized carbons (Fsp3) is 0.536. The summed E-state index contributed by atoms with van der Waals surface area (Å²) in [7, 11) is 0. The Morgan fingerprint density at radius 3 is 2.57 bits per heavy atom. The predicted molar refractivity (Wildman–Crippen MR) is 149 cm³/mol. The van der Waals surface area contributed by atoms with Crippen LogP contribution in [0.25, 0.3) is 0 Å². The van der Waals surface area contributed by atoms with E-state index in [0.29, 0.717) is 23.8 Å². The van der Waals surface area contributed by atoms with Crippen molar-refractivity contribution >= 4 is 46.8 Å². The van der Waals surface area contributed by atoms with Crippen molar-refractivity contribution in [2.24, 2.45) is 17.8 Å². The van der Waals surface area contributed by atoms with Gasteiger partial charge in [0.2, 0.25) is 11.8 Å². The molecule has 200 valence electrons. The maximum atomic E-state index is 14.4. The molecule has 3 aliphatic heterocycles. The molecule has 6 atom stereocenters. The second kappa shape index (κ2) is 11.2. The summed E-state index contributed by atoms with van der Waals surface area (Å²) < 4.78 is -0.763. The lowest BCUT2D eigenvalue weighted by Crippen LogP contribution is -2.58. The van der Waals surface area contributed by atoms with E-state index in [2.05, 4.69) is 20.1 Å². The number of carbonyl (C=O) groups excluding carboxylic acids is 3. The number of carbonyl (C=O) groups is 3. The van der Waals surface area contributed by atoms with Crippen molar-refractivity contribution in [3.63, 3.8) is 0 Å². The van der Waals surface area contributed by atoms with Gasteiger partial charge in [-0.15, -0.1) is 24.9 Å². The van der Waals surface area contributed by atoms with Crippen LogP contribution in [0, 0.1) is 17.8 Å². The van der Waals surface area contributed by atoms with Gasteiger partial charge in [-0.2, -0.15) is 0 Å². The topological polar surface area (TPSA) is 81.2 Å². The molecule has 1 aromatic carbocycles. The van der Waals surface area contributed by atoms with E-state index in [1.165, 1.54) is 4.90 Å². The van der Waals surface area contributed by atoms with Gasteiger partial charge in [0, 0.05) is 31.4 Å². The van der Waals surface area contributed by atoms with Gasteiger partial charge < -0.3 is 19.8 Å². The molecule has 1 spiro atoms. The number of rotatable bonds is 11. The van der Waals surface area contributed by atoms with Crippen molar-refractivity contribution in [2.45, 2.75) is 42.7 Å². The quantitative estimate of drug-likeness (QED) is 0.430. The lowest BCUT2D eigenvalue weighted by atomic mass is 9.65. The van der Waals surface area contributed by atoms with E-state index < -0.39 is 22.6 Å². The van der Waals surface area contributed by atoms with Gasteiger partial charge in [0.15, 0.2) is 0 Å². The summed E-state index contributed by atoms with van der Waals surface area (Å²) in [6.07, 6.45) is 4.90. The molecule has 3 heterocycles. The number of nitrogens with zero attached hydrogens (tertiary/aromatic N) is 3. The number of para-hydroxylation sites is 1. The van der Waals surface area contributed by atoms with Crippen molar-refractivity contribution in [3.8, 4) is 0 Å². The molecule has 0 saturated carbocycles. The van der Waals surface area contributed by atoms with Gasteiger partial charge in [-0.3, -0.25) is 14.4 Å². The predicted octanol–water partition coefficient (Wildman–Crippen LogP) is 3.61. The molecular formula is C28H36ClN3O4S. The Labute approximate surface area is 228 Å². The molecule has 1 N–H and O–H groups in total. The van der Waals surface area contributed by atoms with Crippen LogP contribution in [0.15, 0.2) is 49.6 Å². The Kier molecular flexibility index (Phi) is 8.41. The fourth-order valence-corrected chi connectivity index (χ4v) is 9.26. The van der Waals surface area contributed by atoms with Crippen LogP contribution in [-0.4, -0.2) is 81.5 Å². The summed E-state index contributed by atoms with van der Waals surface area (Å²) in [5.74, 6) is -1.62. The molecular weight excluding hydrogens is 510 g/mol. The largest absolute Gasteiger partial charge is 0.395 e. The Hall–Kier alpha value is -2.29. The van der Waals surface area contributed by atoms with Crippen LogP contribution >= 0.6 is 23.4 Å². The molecule has 37 heavy (non-hydrogen) atoms. The average Bonchev–Trinajstić information content (AvgIpc) is 3.46. The number of hydrogen-bond donors (Lipinski definition) is 1. The molecule has 7 nitrogen and oxygen atoms in total. The zero-order valence-corrected chi connectivity index (χ0v) is 23.1. The number of halogens is 1. The van der Waals surface area contributed by atoms with Gasteiger partial charge in [0.25, 0.3) is 5.91 Å². The molecule has 3 amide bonds. The number of β-amino-alcohol motifs (C(OH)–C–C–N with tert-alkyl or cyclic N) is 1. The van der Waals surface area contributed by atoms with Crippen molar-refractivity contribution in [2.75, 3.05) is 37.7 Å². The molecule has 3 saturated heterocycles. The minimum absolute atomic E-state index is 0.0299. The minimum Gasteiger partial charge on any atom is -0.395 e. The van der Waals surface area contributed by atoms with Crippen molar-refractivity contribution in [1.82, 2.24) is 9.80 Å². The molecule has 9 heteroatoms. The molecule has 3 fully saturated rings. The fourth-order valence-electron chi connectivity index (χ4n) is 6.61. The molecule has 0 aromatic heterocycles. The number of fused-ring (bicyclic) bond motifs is 1. The first-order valence-electron chi connectivity index (χ1n) is 12.9. The first-order chi connectivity index (χ1) is 17.8. The number of hydrogen-bond acceptors (Lipinski definition) is 5. The van der Waals surface area contributed by atoms with E-state index in [1.807, 2.05) is 13.0 Å². The van der Waals surface area contributed by atoms with Crippen LogP contribution in [-0.2, 0) is 14.4 Å². The van der Waals surface area contributed by atoms with E-state index in [1.54, 1.807) is 51.9 Å². The first-order valence-corrected chi connectivity index (χ1v) is 14.2. The Morgan fingerprint density at radius 1 is 1.24 bits per heavy atom.